The first-order chi connectivity index (χ1) is 14.2. The molecule has 0 aromatic heterocycles. The Morgan fingerprint density at radius 1 is 1.43 bits per heavy atom. The Bertz CT molecular complexity index is 935. The van der Waals surface area contributed by atoms with Gasteiger partial charge in [-0.15, -0.1) is 11.8 Å². The summed E-state index contributed by atoms with van der Waals surface area (Å²) >= 11 is 2.24. The molecule has 10 nitrogen and oxygen atoms in total. The number of β-lactam (4-membered cyclic amide) rings is 1. The predicted octanol–water partition coefficient (Wildman–Crippen LogP) is 0.274. The standard InChI is InChI=1S/C18H20N4O6S2/c1-28-18(21-12(24)6-9-2-4-11(23)5-3-9)15(27)22-13(14(25)26)10(7-29-16(18)22)8-30-17(19)20/h2-5,16,23H,6-8H2,1H3,(H3,19,20)(H,21,24)(H,25,26)/t16-,18?/m0/s1. The van der Waals surface area contributed by atoms with Crippen LogP contribution in [-0.2, 0) is 25.5 Å². The summed E-state index contributed by atoms with van der Waals surface area (Å²) in [6, 6.07) is 6.07. The first-order valence-corrected chi connectivity index (χ1v) is 10.7. The number of hydrogen-bond acceptors (Lipinski definition) is 8. The van der Waals surface area contributed by atoms with E-state index in [1.807, 2.05) is 0 Å². The van der Waals surface area contributed by atoms with Crippen LogP contribution in [0.3, 0.4) is 0 Å². The molecule has 2 aliphatic heterocycles. The molecule has 0 spiro atoms. The van der Waals surface area contributed by atoms with Crippen molar-refractivity contribution in [2.24, 2.45) is 5.73 Å². The number of phenolic OH excluding ortho intramolecular Hbond substituents is 1. The van der Waals surface area contributed by atoms with Crippen LogP contribution in [0.2, 0.25) is 0 Å². The minimum Gasteiger partial charge on any atom is -0.508 e. The third kappa shape index (κ3) is 3.98. The average molecular weight is 453 g/mol. The summed E-state index contributed by atoms with van der Waals surface area (Å²) in [5, 5.41) is 28.0. The van der Waals surface area contributed by atoms with Crippen LogP contribution >= 0.6 is 23.5 Å². The number of carboxylic acids is 1. The fraction of sp³-hybridized carbons (Fsp3) is 0.333. The first kappa shape index (κ1) is 22.0. The smallest absolute Gasteiger partial charge is 0.352 e. The van der Waals surface area contributed by atoms with Crippen molar-refractivity contribution in [3.8, 4) is 5.75 Å². The lowest BCUT2D eigenvalue weighted by molar-refractivity contribution is -0.192. The molecule has 1 fully saturated rings. The van der Waals surface area contributed by atoms with Crippen LogP contribution in [0.1, 0.15) is 5.56 Å². The number of aliphatic carboxylic acids is 1. The van der Waals surface area contributed by atoms with Gasteiger partial charge in [-0.1, -0.05) is 23.9 Å². The average Bonchev–Trinajstić information content (AvgIpc) is 2.70. The van der Waals surface area contributed by atoms with Crippen molar-refractivity contribution < 1.29 is 29.3 Å². The number of carboxylic acid groups (broad SMARTS) is 1. The van der Waals surface area contributed by atoms with Gasteiger partial charge in [0.25, 0.3) is 11.6 Å². The summed E-state index contributed by atoms with van der Waals surface area (Å²) in [5.41, 5.74) is 4.60. The van der Waals surface area contributed by atoms with Crippen LogP contribution in [0, 0.1) is 5.41 Å². The molecule has 2 heterocycles. The fourth-order valence-electron chi connectivity index (χ4n) is 3.27. The van der Waals surface area contributed by atoms with Crippen LogP contribution in [0.25, 0.3) is 0 Å². The maximum Gasteiger partial charge on any atom is 0.352 e. The van der Waals surface area contributed by atoms with Gasteiger partial charge in [0.1, 0.15) is 16.8 Å². The number of nitrogens with one attached hydrogen (secondary N) is 2. The predicted molar refractivity (Wildman–Crippen MR) is 112 cm³/mol. The molecule has 3 rings (SSSR count). The van der Waals surface area contributed by atoms with Crippen molar-refractivity contribution in [1.82, 2.24) is 10.2 Å². The zero-order valence-electron chi connectivity index (χ0n) is 15.9. The number of hydrogen-bond donors (Lipinski definition) is 5. The third-order valence-corrected chi connectivity index (χ3v) is 6.84. The summed E-state index contributed by atoms with van der Waals surface area (Å²) in [6.07, 6.45) is -0.0435. The molecule has 12 heteroatoms. The van der Waals surface area contributed by atoms with Crippen molar-refractivity contribution in [3.63, 3.8) is 0 Å². The van der Waals surface area contributed by atoms with Crippen LogP contribution < -0.4 is 11.1 Å². The molecule has 2 atom stereocenters. The highest BCUT2D eigenvalue weighted by atomic mass is 32.2. The molecule has 160 valence electrons. The normalized spacial score (nSPS) is 22.9. The number of aromatic hydroxyl groups is 1. The second-order valence-electron chi connectivity index (χ2n) is 6.58. The second-order valence-corrected chi connectivity index (χ2v) is 8.67. The van der Waals surface area contributed by atoms with Gasteiger partial charge in [0.15, 0.2) is 5.17 Å². The molecule has 2 amide bonds. The van der Waals surface area contributed by atoms with E-state index in [0.29, 0.717) is 11.1 Å². The number of nitrogens with zero attached hydrogens (tertiary/aromatic N) is 1. The Kier molecular flexibility index (Phi) is 6.29. The molecule has 0 aliphatic carbocycles. The van der Waals surface area contributed by atoms with Crippen LogP contribution in [0.15, 0.2) is 35.5 Å². The number of ether oxygens (including phenoxy) is 1. The molecule has 1 unspecified atom stereocenters. The molecule has 1 aromatic carbocycles. The maximum absolute atomic E-state index is 12.9. The number of phenols is 1. The van der Waals surface area contributed by atoms with Crippen molar-refractivity contribution in [1.29, 1.82) is 5.41 Å². The SMILES string of the molecule is COC1(NC(=O)Cc2ccc(O)cc2)C(=O)N2C(C(=O)O)=C(CSC(=N)N)CS[C@H]21. The summed E-state index contributed by atoms with van der Waals surface area (Å²) in [4.78, 5) is 38.4. The second kappa shape index (κ2) is 8.58. The van der Waals surface area contributed by atoms with Crippen molar-refractivity contribution >= 4 is 46.5 Å². The number of carbonyl (C=O) groups is 3. The number of amides is 2. The molecule has 1 aromatic rings. The number of thioether (sulfide) groups is 2. The topological polar surface area (TPSA) is 166 Å². The first-order valence-electron chi connectivity index (χ1n) is 8.71. The number of fused-ring (bicyclic) bond motifs is 1. The van der Waals surface area contributed by atoms with E-state index in [9.17, 15) is 24.6 Å². The molecule has 0 radical (unpaired) electrons. The van der Waals surface area contributed by atoms with Gasteiger partial charge >= 0.3 is 5.97 Å². The van der Waals surface area contributed by atoms with E-state index in [2.05, 4.69) is 5.32 Å². The number of carbonyl (C=O) groups excluding carboxylic acids is 2. The molecule has 1 saturated heterocycles. The molecule has 0 bridgehead atoms. The van der Waals surface area contributed by atoms with E-state index >= 15 is 0 Å². The molecule has 0 saturated carbocycles. The van der Waals surface area contributed by atoms with Gasteiger partial charge in [0.05, 0.1) is 6.42 Å². The lowest BCUT2D eigenvalue weighted by Crippen LogP contribution is -2.80. The van der Waals surface area contributed by atoms with Gasteiger partial charge < -0.3 is 26.0 Å². The van der Waals surface area contributed by atoms with E-state index in [0.717, 1.165) is 16.7 Å². The van der Waals surface area contributed by atoms with Gasteiger partial charge in [-0.05, 0) is 23.3 Å². The molecular formula is C18H20N4O6S2. The largest absolute Gasteiger partial charge is 0.508 e. The molecule has 30 heavy (non-hydrogen) atoms. The molecule has 2 aliphatic rings. The number of benzene rings is 1. The van der Waals surface area contributed by atoms with E-state index < -0.39 is 28.9 Å². The van der Waals surface area contributed by atoms with Gasteiger partial charge in [-0.2, -0.15) is 0 Å². The van der Waals surface area contributed by atoms with Crippen LogP contribution in [0.4, 0.5) is 0 Å². The van der Waals surface area contributed by atoms with E-state index in [-0.39, 0.29) is 34.5 Å². The number of rotatable bonds is 7. The lowest BCUT2D eigenvalue weighted by Gasteiger charge is -2.55. The lowest BCUT2D eigenvalue weighted by atomic mass is 9.98. The van der Waals surface area contributed by atoms with E-state index in [1.165, 1.54) is 31.0 Å². The zero-order chi connectivity index (χ0) is 22.1. The van der Waals surface area contributed by atoms with Gasteiger partial charge in [-0.25, -0.2) is 4.79 Å². The Morgan fingerprint density at radius 2 is 2.10 bits per heavy atom. The summed E-state index contributed by atoms with van der Waals surface area (Å²) in [6.45, 7) is 0. The van der Waals surface area contributed by atoms with Gasteiger partial charge in [-0.3, -0.25) is 19.9 Å². The number of methoxy groups -OCH3 is 1. The maximum atomic E-state index is 12.9. The Balaban J connectivity index is 1.79. The van der Waals surface area contributed by atoms with Crippen LogP contribution in [0.5, 0.6) is 5.75 Å². The van der Waals surface area contributed by atoms with E-state index in [4.69, 9.17) is 15.9 Å². The number of nitrogens with two attached hydrogens (primary N) is 1. The van der Waals surface area contributed by atoms with Crippen molar-refractivity contribution in [2.75, 3.05) is 18.6 Å². The van der Waals surface area contributed by atoms with Crippen molar-refractivity contribution in [2.45, 2.75) is 17.5 Å². The van der Waals surface area contributed by atoms with E-state index in [1.54, 1.807) is 12.1 Å². The highest BCUT2D eigenvalue weighted by Gasteiger charge is 2.66. The van der Waals surface area contributed by atoms with Gasteiger partial charge in [0, 0.05) is 18.6 Å². The highest BCUT2D eigenvalue weighted by Crippen LogP contribution is 2.47. The van der Waals surface area contributed by atoms with Crippen LogP contribution in [-0.4, -0.2) is 67.8 Å². The highest BCUT2D eigenvalue weighted by molar-refractivity contribution is 8.13. The summed E-state index contributed by atoms with van der Waals surface area (Å²) < 4.78 is 5.39. The van der Waals surface area contributed by atoms with Crippen molar-refractivity contribution in [3.05, 3.63) is 41.1 Å². The molecule has 6 N–H and O–H groups in total. The Morgan fingerprint density at radius 3 is 2.67 bits per heavy atom. The Labute approximate surface area is 180 Å². The summed E-state index contributed by atoms with van der Waals surface area (Å²) in [7, 11) is 1.28. The third-order valence-electron chi connectivity index (χ3n) is 4.66. The fourth-order valence-corrected chi connectivity index (χ4v) is 5.41. The summed E-state index contributed by atoms with van der Waals surface area (Å²) in [5.74, 6) is -1.89. The zero-order valence-corrected chi connectivity index (χ0v) is 17.5. The molecular weight excluding hydrogens is 432 g/mol. The minimum absolute atomic E-state index is 0.0435. The quantitative estimate of drug-likeness (QED) is 0.169. The Hall–Kier alpha value is -2.70. The monoisotopic (exact) mass is 452 g/mol. The minimum atomic E-state index is -1.67. The van der Waals surface area contributed by atoms with Gasteiger partial charge in [0.2, 0.25) is 5.91 Å². The number of amidine groups is 1.